The molecular formula is C28H24O6. The van der Waals surface area contributed by atoms with E-state index in [-0.39, 0.29) is 5.43 Å². The van der Waals surface area contributed by atoms with Crippen LogP contribution in [0.15, 0.2) is 69.9 Å². The molecule has 1 aliphatic heterocycles. The number of fused-ring (bicyclic) bond motifs is 2. The minimum atomic E-state index is -0.454. The Morgan fingerprint density at radius 1 is 0.971 bits per heavy atom. The number of hydrogen-bond acceptors (Lipinski definition) is 6. The first-order chi connectivity index (χ1) is 16.5. The van der Waals surface area contributed by atoms with Gasteiger partial charge in [0.15, 0.2) is 11.5 Å². The summed E-state index contributed by atoms with van der Waals surface area (Å²) in [5, 5.41) is 0.443. The van der Waals surface area contributed by atoms with Gasteiger partial charge in [0.25, 0.3) is 0 Å². The molecule has 0 aliphatic carbocycles. The van der Waals surface area contributed by atoms with Crippen molar-refractivity contribution < 1.29 is 23.4 Å². The first kappa shape index (κ1) is 21.8. The van der Waals surface area contributed by atoms with E-state index in [0.717, 1.165) is 12.0 Å². The lowest BCUT2D eigenvalue weighted by Crippen LogP contribution is -2.15. The van der Waals surface area contributed by atoms with Gasteiger partial charge in [-0.25, -0.2) is 4.79 Å². The van der Waals surface area contributed by atoms with Gasteiger partial charge < -0.3 is 18.6 Å². The molecule has 0 saturated carbocycles. The van der Waals surface area contributed by atoms with Crippen LogP contribution in [0.2, 0.25) is 0 Å². The molecule has 34 heavy (non-hydrogen) atoms. The van der Waals surface area contributed by atoms with E-state index in [1.807, 2.05) is 31.2 Å². The van der Waals surface area contributed by atoms with Gasteiger partial charge in [0.1, 0.15) is 30.3 Å². The number of hydrogen-bond donors (Lipinski definition) is 0. The fraction of sp³-hybridized carbons (Fsp3) is 0.214. The number of carbonyl (C=O) groups is 1. The molecule has 3 aromatic carbocycles. The zero-order chi connectivity index (χ0) is 23.7. The fourth-order valence-corrected chi connectivity index (χ4v) is 4.20. The lowest BCUT2D eigenvalue weighted by Gasteiger charge is -2.19. The highest BCUT2D eigenvalue weighted by molar-refractivity contribution is 5.92. The van der Waals surface area contributed by atoms with Crippen LogP contribution in [0.3, 0.4) is 0 Å². The number of aryl methyl sites for hydroxylation is 2. The Kier molecular flexibility index (Phi) is 5.80. The predicted molar refractivity (Wildman–Crippen MR) is 129 cm³/mol. The van der Waals surface area contributed by atoms with Crippen molar-refractivity contribution in [1.82, 2.24) is 0 Å². The number of ether oxygens (including phenoxy) is 3. The van der Waals surface area contributed by atoms with Crippen LogP contribution in [0.4, 0.5) is 0 Å². The highest BCUT2D eigenvalue weighted by Crippen LogP contribution is 2.36. The molecular weight excluding hydrogens is 432 g/mol. The van der Waals surface area contributed by atoms with E-state index in [1.54, 1.807) is 43.3 Å². The molecule has 172 valence electrons. The van der Waals surface area contributed by atoms with Crippen molar-refractivity contribution >= 4 is 16.9 Å². The van der Waals surface area contributed by atoms with Gasteiger partial charge in [-0.05, 0) is 54.8 Å². The summed E-state index contributed by atoms with van der Waals surface area (Å²) in [6.07, 6.45) is 1.48. The van der Waals surface area contributed by atoms with Gasteiger partial charge in [0, 0.05) is 6.07 Å². The van der Waals surface area contributed by atoms with E-state index >= 15 is 0 Å². The first-order valence-electron chi connectivity index (χ1n) is 11.3. The van der Waals surface area contributed by atoms with E-state index in [9.17, 15) is 9.59 Å². The maximum atomic E-state index is 13.6. The van der Waals surface area contributed by atoms with Gasteiger partial charge in [-0.1, -0.05) is 37.6 Å². The molecule has 6 nitrogen and oxygen atoms in total. The van der Waals surface area contributed by atoms with Gasteiger partial charge in [-0.3, -0.25) is 4.79 Å². The standard InChI is InChI=1S/C28H24O6/c1-3-7-19-14-21-24(16-23(19)34-28(30)18-8-5-4-6-9-18)33-17(2)26(27(21)29)20-10-11-22-25(15-20)32-13-12-31-22/h4-6,8-11,14-16H,3,7,12-13H2,1-2H3. The lowest BCUT2D eigenvalue weighted by molar-refractivity contribution is 0.0733. The van der Waals surface area contributed by atoms with Crippen molar-refractivity contribution in [3.05, 3.63) is 87.8 Å². The average molecular weight is 456 g/mol. The third-order valence-electron chi connectivity index (χ3n) is 5.81. The first-order valence-corrected chi connectivity index (χ1v) is 11.3. The Balaban J connectivity index is 1.60. The fourth-order valence-electron chi connectivity index (χ4n) is 4.20. The third-order valence-corrected chi connectivity index (χ3v) is 5.81. The summed E-state index contributed by atoms with van der Waals surface area (Å²) in [4.78, 5) is 26.2. The van der Waals surface area contributed by atoms with Crippen molar-refractivity contribution in [1.29, 1.82) is 0 Å². The zero-order valence-electron chi connectivity index (χ0n) is 19.1. The maximum absolute atomic E-state index is 13.6. The Bertz CT molecular complexity index is 1440. The molecule has 1 aliphatic rings. The van der Waals surface area contributed by atoms with Crippen LogP contribution >= 0.6 is 0 Å². The molecule has 0 unspecified atom stereocenters. The van der Waals surface area contributed by atoms with Crippen molar-refractivity contribution in [2.75, 3.05) is 13.2 Å². The van der Waals surface area contributed by atoms with Crippen molar-refractivity contribution in [2.45, 2.75) is 26.7 Å². The van der Waals surface area contributed by atoms with Crippen LogP contribution in [0.1, 0.15) is 35.0 Å². The van der Waals surface area contributed by atoms with Gasteiger partial charge in [-0.2, -0.15) is 0 Å². The number of carbonyl (C=O) groups excluding carboxylic acids is 1. The van der Waals surface area contributed by atoms with Gasteiger partial charge >= 0.3 is 5.97 Å². The van der Waals surface area contributed by atoms with E-state index in [4.69, 9.17) is 18.6 Å². The summed E-state index contributed by atoms with van der Waals surface area (Å²) in [6, 6.07) is 17.7. The summed E-state index contributed by atoms with van der Waals surface area (Å²) in [6.45, 7) is 4.75. The van der Waals surface area contributed by atoms with Crippen molar-refractivity contribution in [2.24, 2.45) is 0 Å². The summed E-state index contributed by atoms with van der Waals surface area (Å²) in [7, 11) is 0. The molecule has 0 spiro atoms. The van der Waals surface area contributed by atoms with Crippen LogP contribution in [0.25, 0.3) is 22.1 Å². The Labute approximate surface area is 196 Å². The smallest absolute Gasteiger partial charge is 0.343 e. The molecule has 0 atom stereocenters. The predicted octanol–water partition coefficient (Wildman–Crippen LogP) is 5.71. The highest BCUT2D eigenvalue weighted by atomic mass is 16.6. The molecule has 0 fully saturated rings. The monoisotopic (exact) mass is 456 g/mol. The second-order valence-electron chi connectivity index (χ2n) is 8.18. The Morgan fingerprint density at radius 2 is 1.74 bits per heavy atom. The molecule has 0 radical (unpaired) electrons. The lowest BCUT2D eigenvalue weighted by atomic mass is 9.99. The van der Waals surface area contributed by atoms with Crippen LogP contribution in [-0.4, -0.2) is 19.2 Å². The second-order valence-corrected chi connectivity index (χ2v) is 8.18. The van der Waals surface area contributed by atoms with Gasteiger partial charge in [0.2, 0.25) is 5.43 Å². The molecule has 0 saturated heterocycles. The van der Waals surface area contributed by atoms with E-state index in [1.165, 1.54) is 0 Å². The van der Waals surface area contributed by atoms with Crippen molar-refractivity contribution in [3.63, 3.8) is 0 Å². The second kappa shape index (κ2) is 9.06. The van der Waals surface area contributed by atoms with Crippen molar-refractivity contribution in [3.8, 4) is 28.4 Å². The SMILES string of the molecule is CCCc1cc2c(=O)c(-c3ccc4c(c3)OCCO4)c(C)oc2cc1OC(=O)c1ccccc1. The summed E-state index contributed by atoms with van der Waals surface area (Å²) in [5.41, 5.74) is 2.64. The molecule has 2 heterocycles. The molecule has 5 rings (SSSR count). The molecule has 1 aromatic heterocycles. The minimum absolute atomic E-state index is 0.145. The van der Waals surface area contributed by atoms with Crippen LogP contribution in [0.5, 0.6) is 17.2 Å². The van der Waals surface area contributed by atoms with Gasteiger partial charge in [0.05, 0.1) is 16.5 Å². The van der Waals surface area contributed by atoms with Crippen LogP contribution < -0.4 is 19.6 Å². The Hall–Kier alpha value is -4.06. The summed E-state index contributed by atoms with van der Waals surface area (Å²) in [5.74, 6) is 1.69. The van der Waals surface area contributed by atoms with Crippen LogP contribution in [-0.2, 0) is 6.42 Å². The Morgan fingerprint density at radius 3 is 2.50 bits per heavy atom. The third kappa shape index (κ3) is 4.03. The highest BCUT2D eigenvalue weighted by Gasteiger charge is 2.20. The quantitative estimate of drug-likeness (QED) is 0.283. The molecule has 0 N–H and O–H groups in total. The molecule has 4 aromatic rings. The minimum Gasteiger partial charge on any atom is -0.486 e. The van der Waals surface area contributed by atoms with E-state index in [0.29, 0.717) is 70.3 Å². The average Bonchev–Trinajstić information content (AvgIpc) is 2.85. The van der Waals surface area contributed by atoms with E-state index in [2.05, 4.69) is 0 Å². The van der Waals surface area contributed by atoms with E-state index < -0.39 is 5.97 Å². The molecule has 6 heteroatoms. The summed E-state index contributed by atoms with van der Waals surface area (Å²) < 4.78 is 23.1. The number of benzene rings is 3. The molecule has 0 bridgehead atoms. The molecule has 0 amide bonds. The normalized spacial score (nSPS) is 12.5. The zero-order valence-corrected chi connectivity index (χ0v) is 19.1. The number of rotatable bonds is 5. The topological polar surface area (TPSA) is 75.0 Å². The van der Waals surface area contributed by atoms with Crippen LogP contribution in [0, 0.1) is 6.92 Å². The summed E-state index contributed by atoms with van der Waals surface area (Å²) >= 11 is 0. The maximum Gasteiger partial charge on any atom is 0.343 e. The largest absolute Gasteiger partial charge is 0.486 e. The van der Waals surface area contributed by atoms with Gasteiger partial charge in [-0.15, -0.1) is 0 Å². The number of esters is 1.